The monoisotopic (exact) mass is 644 g/mol. The Morgan fingerprint density at radius 1 is 1.07 bits per heavy atom. The summed E-state index contributed by atoms with van der Waals surface area (Å²) >= 11 is 0. The molecule has 244 valence electrons. The lowest BCUT2D eigenvalue weighted by atomic mass is 9.65. The summed E-state index contributed by atoms with van der Waals surface area (Å²) in [5.41, 5.74) is 11.0. The Morgan fingerprint density at radius 3 is 2.37 bits per heavy atom. The van der Waals surface area contributed by atoms with Crippen molar-refractivity contribution in [3.05, 3.63) is 53.3 Å². The summed E-state index contributed by atoms with van der Waals surface area (Å²) in [6.45, 7) is 7.70. The second kappa shape index (κ2) is 11.4. The molecule has 1 aliphatic heterocycles. The quantitative estimate of drug-likeness (QED) is 0.330. The molecule has 3 saturated carbocycles. The second-order valence-electron chi connectivity index (χ2n) is 14.4. The zero-order chi connectivity index (χ0) is 33.1. The van der Waals surface area contributed by atoms with Crippen molar-refractivity contribution in [3.8, 4) is 23.0 Å². The van der Waals surface area contributed by atoms with Gasteiger partial charge in [-0.25, -0.2) is 4.99 Å². The van der Waals surface area contributed by atoms with Crippen molar-refractivity contribution in [1.82, 2.24) is 4.98 Å². The van der Waals surface area contributed by atoms with Crippen molar-refractivity contribution in [3.63, 3.8) is 0 Å². The van der Waals surface area contributed by atoms with Gasteiger partial charge in [-0.3, -0.25) is 19.3 Å². The zero-order valence-electron chi connectivity index (χ0n) is 27.4. The number of ketones is 1. The lowest BCUT2D eigenvalue weighted by molar-refractivity contribution is -0.128. The Morgan fingerprint density at radius 2 is 1.80 bits per heavy atom. The predicted molar refractivity (Wildman–Crippen MR) is 179 cm³/mol. The van der Waals surface area contributed by atoms with Crippen LogP contribution in [0.3, 0.4) is 0 Å². The molecule has 0 saturated heterocycles. The van der Waals surface area contributed by atoms with Crippen molar-refractivity contribution >= 4 is 27.4 Å². The van der Waals surface area contributed by atoms with E-state index in [1.807, 2.05) is 41.0 Å². The highest BCUT2D eigenvalue weighted by molar-refractivity contribution is 7.85. The molecule has 7 rings (SSSR count). The number of rotatable bonds is 4. The van der Waals surface area contributed by atoms with Crippen molar-refractivity contribution in [2.24, 2.45) is 37.9 Å². The van der Waals surface area contributed by atoms with Gasteiger partial charge in [-0.05, 0) is 93.4 Å². The summed E-state index contributed by atoms with van der Waals surface area (Å²) < 4.78 is 36.6. The van der Waals surface area contributed by atoms with Crippen LogP contribution in [0.15, 0.2) is 46.6 Å². The van der Waals surface area contributed by atoms with Gasteiger partial charge in [0.15, 0.2) is 5.66 Å². The molecule has 1 aromatic carbocycles. The van der Waals surface area contributed by atoms with Crippen LogP contribution in [0.4, 0.5) is 0 Å². The number of methoxy groups -OCH3 is 1. The van der Waals surface area contributed by atoms with Crippen molar-refractivity contribution in [2.45, 2.75) is 90.8 Å². The number of pyridine rings is 1. The van der Waals surface area contributed by atoms with Crippen LogP contribution in [0.2, 0.25) is 0 Å². The van der Waals surface area contributed by atoms with Gasteiger partial charge >= 0.3 is 0 Å². The van der Waals surface area contributed by atoms with Crippen molar-refractivity contribution < 1.29 is 22.5 Å². The van der Waals surface area contributed by atoms with E-state index in [0.717, 1.165) is 60.9 Å². The average molecular weight is 645 g/mol. The molecule has 46 heavy (non-hydrogen) atoms. The van der Waals surface area contributed by atoms with Gasteiger partial charge in [0.05, 0.1) is 23.0 Å². The van der Waals surface area contributed by atoms with E-state index in [1.54, 1.807) is 6.20 Å². The van der Waals surface area contributed by atoms with E-state index >= 15 is 0 Å². The third kappa shape index (κ3) is 5.11. The highest BCUT2D eigenvalue weighted by Gasteiger charge is 2.65. The van der Waals surface area contributed by atoms with Crippen molar-refractivity contribution in [1.29, 1.82) is 0 Å². The standard InChI is InChI=1S/C26H28N4O.C10H16O4S/c1-4-5-18-12-21(16-28-15-18)19-6-7-20-14-25(10-8-22(31-3)9-11-25)26(23(20)13-19)29-17(2)24(27)30-26;1-9(2)7-3-4-10(9,8(11)5-7)6-15(12,13)14/h6-7,12-13,15-16,22H,8-11,14H2,1-3H3,(H2,27,30);7H,3-6H2,1-2H3,(H,12,13,14)/t;7?,10-/m.1/s1. The van der Waals surface area contributed by atoms with Crippen LogP contribution in [-0.2, 0) is 31.7 Å². The summed E-state index contributed by atoms with van der Waals surface area (Å²) in [4.78, 5) is 26.5. The van der Waals surface area contributed by atoms with E-state index in [2.05, 4.69) is 41.1 Å². The topological polar surface area (TPSA) is 144 Å². The molecule has 5 aliphatic rings. The first kappa shape index (κ1) is 32.5. The summed E-state index contributed by atoms with van der Waals surface area (Å²) in [7, 11) is -2.26. The Kier molecular flexibility index (Phi) is 8.06. The number of nitrogens with two attached hydrogens (primary N) is 1. The van der Waals surface area contributed by atoms with E-state index in [9.17, 15) is 13.2 Å². The number of hydrogen-bond acceptors (Lipinski definition) is 8. The van der Waals surface area contributed by atoms with Gasteiger partial charge in [0, 0.05) is 48.0 Å². The minimum absolute atomic E-state index is 0.0152. The number of carbonyl (C=O) groups is 1. The molecule has 3 atom stereocenters. The number of hydrogen-bond donors (Lipinski definition) is 2. The Balaban J connectivity index is 0.000000208. The molecule has 0 amide bonds. The normalized spacial score (nSPS) is 29.9. The maximum atomic E-state index is 11.9. The van der Waals surface area contributed by atoms with Crippen LogP contribution in [0, 0.1) is 34.0 Å². The fraction of sp³-hybridized carbons (Fsp3) is 0.556. The number of nitrogens with zero attached hydrogens (tertiary/aromatic N) is 3. The lowest BCUT2D eigenvalue weighted by Gasteiger charge is -2.44. The first-order valence-corrected chi connectivity index (χ1v) is 17.8. The summed E-state index contributed by atoms with van der Waals surface area (Å²) in [5.74, 6) is 6.52. The molecule has 2 bridgehead atoms. The van der Waals surface area contributed by atoms with Crippen LogP contribution in [0.1, 0.15) is 89.3 Å². The van der Waals surface area contributed by atoms with E-state index in [4.69, 9.17) is 25.0 Å². The number of fused-ring (bicyclic) bond motifs is 5. The third-order valence-electron chi connectivity index (χ3n) is 11.9. The van der Waals surface area contributed by atoms with Crippen molar-refractivity contribution in [2.75, 3.05) is 12.9 Å². The molecule has 2 aromatic rings. The molecule has 3 N–H and O–H groups in total. The number of aromatic nitrogens is 1. The van der Waals surface area contributed by atoms with Crippen LogP contribution in [-0.4, -0.2) is 54.3 Å². The first-order valence-electron chi connectivity index (χ1n) is 16.1. The summed E-state index contributed by atoms with van der Waals surface area (Å²) in [5, 5.41) is 0. The molecule has 4 aliphatic carbocycles. The van der Waals surface area contributed by atoms with Crippen LogP contribution in [0.5, 0.6) is 0 Å². The molecule has 10 heteroatoms. The molecule has 2 heterocycles. The predicted octanol–water partition coefficient (Wildman–Crippen LogP) is 5.51. The first-order chi connectivity index (χ1) is 21.7. The molecular weight excluding hydrogens is 600 g/mol. The summed E-state index contributed by atoms with van der Waals surface area (Å²) in [6.07, 6.45) is 11.1. The number of ether oxygens (including phenoxy) is 1. The minimum atomic E-state index is -4.08. The van der Waals surface area contributed by atoms with Gasteiger partial charge in [0.1, 0.15) is 11.6 Å². The van der Waals surface area contributed by atoms with Gasteiger partial charge in [-0.2, -0.15) is 8.42 Å². The second-order valence-corrected chi connectivity index (χ2v) is 15.8. The lowest BCUT2D eigenvalue weighted by Crippen LogP contribution is -2.43. The zero-order valence-corrected chi connectivity index (χ0v) is 28.2. The number of amidine groups is 1. The fourth-order valence-electron chi connectivity index (χ4n) is 9.08. The largest absolute Gasteiger partial charge is 0.382 e. The molecular formula is C36H44N4O5S. The molecule has 2 unspecified atom stereocenters. The van der Waals surface area contributed by atoms with Gasteiger partial charge in [0.2, 0.25) is 0 Å². The number of benzene rings is 1. The van der Waals surface area contributed by atoms with E-state index in [-0.39, 0.29) is 22.5 Å². The Bertz CT molecular complexity index is 1790. The van der Waals surface area contributed by atoms with Crippen LogP contribution in [0.25, 0.3) is 11.1 Å². The Hall–Kier alpha value is -3.39. The average Bonchev–Trinajstić information content (AvgIpc) is 3.60. The summed E-state index contributed by atoms with van der Waals surface area (Å²) in [6, 6.07) is 8.78. The fourth-order valence-corrected chi connectivity index (χ4v) is 10.4. The van der Waals surface area contributed by atoms with Gasteiger partial charge < -0.3 is 10.5 Å². The third-order valence-corrected chi connectivity index (χ3v) is 12.7. The van der Waals surface area contributed by atoms with Gasteiger partial charge in [-0.15, -0.1) is 5.92 Å². The molecule has 3 fully saturated rings. The number of carbonyl (C=O) groups excluding carboxylic acids is 1. The van der Waals surface area contributed by atoms with E-state index in [0.29, 0.717) is 24.8 Å². The molecule has 0 radical (unpaired) electrons. The van der Waals surface area contributed by atoms with E-state index in [1.165, 1.54) is 11.1 Å². The number of aliphatic imine (C=N–C) groups is 2. The molecule has 9 nitrogen and oxygen atoms in total. The van der Waals surface area contributed by atoms with E-state index < -0.39 is 26.9 Å². The van der Waals surface area contributed by atoms with Gasteiger partial charge in [-0.1, -0.05) is 31.9 Å². The SMILES string of the molecule is CC#Cc1cncc(-c2ccc3c(c2)C2(N=C(C)C(N)=N2)C2(CCC(OC)CC2)C3)c1.CC1(C)C2CC[C@@]1(CS(=O)(=O)O)C(=O)C2. The smallest absolute Gasteiger partial charge is 0.265 e. The molecule has 2 spiro atoms. The maximum absolute atomic E-state index is 11.9. The highest BCUT2D eigenvalue weighted by Crippen LogP contribution is 2.64. The Labute approximate surface area is 272 Å². The minimum Gasteiger partial charge on any atom is -0.382 e. The van der Waals surface area contributed by atoms with Crippen LogP contribution >= 0.6 is 0 Å². The van der Waals surface area contributed by atoms with Crippen LogP contribution < -0.4 is 5.73 Å². The van der Waals surface area contributed by atoms with Gasteiger partial charge in [0.25, 0.3) is 10.1 Å². The highest BCUT2D eigenvalue weighted by atomic mass is 32.2. The molecule has 1 aromatic heterocycles. The number of Topliss-reactive ketones (excluding diaryl/α,β-unsaturated/α-hetero) is 1. The maximum Gasteiger partial charge on any atom is 0.265 e.